The van der Waals surface area contributed by atoms with Crippen LogP contribution in [0, 0.1) is 18.3 Å². The largest absolute Gasteiger partial charge is 0.475 e. The van der Waals surface area contributed by atoms with Crippen molar-refractivity contribution in [1.29, 1.82) is 5.26 Å². The van der Waals surface area contributed by atoms with E-state index in [-0.39, 0.29) is 0 Å². The number of nitrogens with zero attached hydrogens (tertiary/aromatic N) is 4. The second-order valence-corrected chi connectivity index (χ2v) is 4.94. The number of likely N-dealkylation sites (N-methyl/N-ethyl adjacent to an activating group) is 1. The first-order valence-electron chi connectivity index (χ1n) is 6.40. The van der Waals surface area contributed by atoms with E-state index >= 15 is 0 Å². The van der Waals surface area contributed by atoms with Crippen molar-refractivity contribution in [2.45, 2.75) is 32.2 Å². The van der Waals surface area contributed by atoms with Gasteiger partial charge in [0.1, 0.15) is 18.2 Å². The molecule has 1 unspecified atom stereocenters. The maximum Gasteiger partial charge on any atom is 0.230 e. The van der Waals surface area contributed by atoms with Gasteiger partial charge in [-0.1, -0.05) is 6.42 Å². The Bertz CT molecular complexity index is 460. The minimum absolute atomic E-state index is 0.445. The van der Waals surface area contributed by atoms with Gasteiger partial charge in [0.05, 0.1) is 5.69 Å². The molecule has 98 valence electrons. The summed E-state index contributed by atoms with van der Waals surface area (Å²) in [6.07, 6.45) is 3.68. The number of aromatic nitrogens is 2. The lowest BCUT2D eigenvalue weighted by atomic mass is 10.0. The van der Waals surface area contributed by atoms with Crippen LogP contribution >= 0.6 is 0 Å². The van der Waals surface area contributed by atoms with E-state index in [4.69, 9.17) is 10.00 Å². The van der Waals surface area contributed by atoms with Crippen molar-refractivity contribution in [3.05, 3.63) is 11.3 Å². The van der Waals surface area contributed by atoms with E-state index in [0.717, 1.165) is 18.7 Å². The van der Waals surface area contributed by atoms with Crippen LogP contribution in [0.5, 0.6) is 5.88 Å². The Morgan fingerprint density at radius 2 is 2.22 bits per heavy atom. The lowest BCUT2D eigenvalue weighted by Crippen LogP contribution is -2.40. The van der Waals surface area contributed by atoms with Crippen LogP contribution in [0.1, 0.15) is 30.5 Å². The second kappa shape index (κ2) is 5.40. The number of likely N-dealkylation sites (tertiary alicyclic amines) is 1. The van der Waals surface area contributed by atoms with Gasteiger partial charge in [0, 0.05) is 13.1 Å². The van der Waals surface area contributed by atoms with Gasteiger partial charge >= 0.3 is 0 Å². The number of ether oxygens (including phenoxy) is 1. The SMILES string of the molecule is Cc1nn(C)c(OCC2CCCCN2C)c1C#N. The van der Waals surface area contributed by atoms with Crippen molar-refractivity contribution in [2.75, 3.05) is 20.2 Å². The van der Waals surface area contributed by atoms with Crippen molar-refractivity contribution < 1.29 is 4.74 Å². The van der Waals surface area contributed by atoms with Gasteiger partial charge in [-0.3, -0.25) is 0 Å². The van der Waals surface area contributed by atoms with Crippen molar-refractivity contribution in [1.82, 2.24) is 14.7 Å². The number of hydrogen-bond acceptors (Lipinski definition) is 4. The molecule has 1 fully saturated rings. The summed E-state index contributed by atoms with van der Waals surface area (Å²) in [5.74, 6) is 0.592. The predicted molar refractivity (Wildman–Crippen MR) is 68.4 cm³/mol. The Labute approximate surface area is 108 Å². The molecule has 1 atom stereocenters. The van der Waals surface area contributed by atoms with Gasteiger partial charge in [-0.25, -0.2) is 4.68 Å². The third-order valence-corrected chi connectivity index (χ3v) is 3.62. The molecular weight excluding hydrogens is 228 g/mol. The van der Waals surface area contributed by atoms with Crippen molar-refractivity contribution >= 4 is 0 Å². The Balaban J connectivity index is 2.04. The minimum Gasteiger partial charge on any atom is -0.475 e. The zero-order valence-electron chi connectivity index (χ0n) is 11.3. The third-order valence-electron chi connectivity index (χ3n) is 3.62. The number of aryl methyl sites for hydroxylation is 2. The maximum absolute atomic E-state index is 9.11. The van der Waals surface area contributed by atoms with E-state index in [1.165, 1.54) is 12.8 Å². The molecule has 0 aliphatic carbocycles. The number of rotatable bonds is 3. The van der Waals surface area contributed by atoms with E-state index in [0.29, 0.717) is 24.1 Å². The first kappa shape index (κ1) is 12.9. The monoisotopic (exact) mass is 248 g/mol. The van der Waals surface area contributed by atoms with Gasteiger partial charge in [0.15, 0.2) is 0 Å². The van der Waals surface area contributed by atoms with Crippen LogP contribution in [0.2, 0.25) is 0 Å². The molecule has 5 heteroatoms. The Hall–Kier alpha value is -1.54. The summed E-state index contributed by atoms with van der Waals surface area (Å²) in [6.45, 7) is 3.59. The maximum atomic E-state index is 9.11. The van der Waals surface area contributed by atoms with Crippen LogP contribution in [-0.2, 0) is 7.05 Å². The summed E-state index contributed by atoms with van der Waals surface area (Å²) in [4.78, 5) is 2.33. The van der Waals surface area contributed by atoms with Crippen LogP contribution in [0.3, 0.4) is 0 Å². The quantitative estimate of drug-likeness (QED) is 0.812. The predicted octanol–water partition coefficient (Wildman–Crippen LogP) is 1.46. The average Bonchev–Trinajstić information content (AvgIpc) is 2.62. The lowest BCUT2D eigenvalue weighted by molar-refractivity contribution is 0.120. The van der Waals surface area contributed by atoms with Gasteiger partial charge in [-0.05, 0) is 33.4 Å². The van der Waals surface area contributed by atoms with E-state index in [9.17, 15) is 0 Å². The zero-order valence-corrected chi connectivity index (χ0v) is 11.3. The van der Waals surface area contributed by atoms with E-state index in [2.05, 4.69) is 23.1 Å². The summed E-state index contributed by atoms with van der Waals surface area (Å²) >= 11 is 0. The minimum atomic E-state index is 0.445. The Morgan fingerprint density at radius 3 is 2.89 bits per heavy atom. The molecule has 0 radical (unpaired) electrons. The molecule has 2 rings (SSSR count). The summed E-state index contributed by atoms with van der Waals surface area (Å²) in [5, 5.41) is 13.3. The third kappa shape index (κ3) is 2.49. The molecule has 0 bridgehead atoms. The fourth-order valence-corrected chi connectivity index (χ4v) is 2.46. The average molecular weight is 248 g/mol. The van der Waals surface area contributed by atoms with Crippen LogP contribution in [0.15, 0.2) is 0 Å². The number of piperidine rings is 1. The van der Waals surface area contributed by atoms with Crippen LogP contribution in [-0.4, -0.2) is 40.9 Å². The van der Waals surface area contributed by atoms with Crippen molar-refractivity contribution in [3.8, 4) is 11.9 Å². The zero-order chi connectivity index (χ0) is 13.1. The topological polar surface area (TPSA) is 54.1 Å². The highest BCUT2D eigenvalue weighted by Crippen LogP contribution is 2.22. The fraction of sp³-hybridized carbons (Fsp3) is 0.692. The molecule has 0 spiro atoms. The Morgan fingerprint density at radius 1 is 1.44 bits per heavy atom. The molecule has 1 aromatic heterocycles. The fourth-order valence-electron chi connectivity index (χ4n) is 2.46. The van der Waals surface area contributed by atoms with E-state index in [1.807, 2.05) is 14.0 Å². The molecule has 2 heterocycles. The van der Waals surface area contributed by atoms with Gasteiger partial charge in [-0.2, -0.15) is 10.4 Å². The van der Waals surface area contributed by atoms with Gasteiger partial charge in [0.25, 0.3) is 0 Å². The first-order chi connectivity index (χ1) is 8.63. The number of nitriles is 1. The second-order valence-electron chi connectivity index (χ2n) is 4.94. The standard InChI is InChI=1S/C13H20N4O/c1-10-12(8-14)13(17(3)15-10)18-9-11-6-4-5-7-16(11)2/h11H,4-7,9H2,1-3H3. The van der Waals surface area contributed by atoms with Crippen LogP contribution < -0.4 is 4.74 Å². The smallest absolute Gasteiger partial charge is 0.230 e. The molecule has 1 aromatic rings. The summed E-state index contributed by atoms with van der Waals surface area (Å²) < 4.78 is 7.48. The Kier molecular flexibility index (Phi) is 3.87. The summed E-state index contributed by atoms with van der Waals surface area (Å²) in [7, 11) is 3.95. The van der Waals surface area contributed by atoms with Gasteiger partial charge in [0.2, 0.25) is 5.88 Å². The van der Waals surface area contributed by atoms with Gasteiger partial charge in [-0.15, -0.1) is 0 Å². The molecule has 1 saturated heterocycles. The molecule has 0 N–H and O–H groups in total. The van der Waals surface area contributed by atoms with Crippen LogP contribution in [0.25, 0.3) is 0 Å². The molecule has 5 nitrogen and oxygen atoms in total. The normalized spacial score (nSPS) is 20.7. The van der Waals surface area contributed by atoms with Crippen molar-refractivity contribution in [2.24, 2.45) is 7.05 Å². The molecular formula is C13H20N4O. The van der Waals surface area contributed by atoms with Crippen LogP contribution in [0.4, 0.5) is 0 Å². The molecule has 0 aromatic carbocycles. The molecule has 1 aliphatic rings. The highest BCUT2D eigenvalue weighted by atomic mass is 16.5. The highest BCUT2D eigenvalue weighted by Gasteiger charge is 2.21. The summed E-state index contributed by atoms with van der Waals surface area (Å²) in [6, 6.07) is 2.61. The molecule has 1 aliphatic heterocycles. The van der Waals surface area contributed by atoms with E-state index in [1.54, 1.807) is 4.68 Å². The lowest BCUT2D eigenvalue weighted by Gasteiger charge is -2.32. The number of hydrogen-bond donors (Lipinski definition) is 0. The first-order valence-corrected chi connectivity index (χ1v) is 6.40. The van der Waals surface area contributed by atoms with Crippen molar-refractivity contribution in [3.63, 3.8) is 0 Å². The van der Waals surface area contributed by atoms with Gasteiger partial charge < -0.3 is 9.64 Å². The molecule has 0 saturated carbocycles. The molecule has 18 heavy (non-hydrogen) atoms. The summed E-state index contributed by atoms with van der Waals surface area (Å²) in [5.41, 5.74) is 1.28. The van der Waals surface area contributed by atoms with E-state index < -0.39 is 0 Å². The highest BCUT2D eigenvalue weighted by molar-refractivity contribution is 5.41. The molecule has 0 amide bonds.